The molecule has 2 rings (SSSR count). The SMILES string of the molecule is NC(=S)C1(C(=O)Nc2cccc(F)c2F)CC1. The molecule has 3 nitrogen and oxygen atoms in total. The van der Waals surface area contributed by atoms with E-state index in [1.165, 1.54) is 12.1 Å². The van der Waals surface area contributed by atoms with Gasteiger partial charge in [-0.25, -0.2) is 8.78 Å². The molecule has 17 heavy (non-hydrogen) atoms. The average Bonchev–Trinajstić information content (AvgIpc) is 3.05. The number of nitrogens with one attached hydrogen (secondary N) is 1. The van der Waals surface area contributed by atoms with Crippen LogP contribution in [0.3, 0.4) is 0 Å². The predicted octanol–water partition coefficient (Wildman–Crippen LogP) is 1.97. The highest BCUT2D eigenvalue weighted by molar-refractivity contribution is 7.80. The number of nitrogens with two attached hydrogens (primary N) is 1. The highest BCUT2D eigenvalue weighted by Gasteiger charge is 2.52. The summed E-state index contributed by atoms with van der Waals surface area (Å²) in [6, 6.07) is 3.58. The van der Waals surface area contributed by atoms with E-state index in [0.717, 1.165) is 6.07 Å². The summed E-state index contributed by atoms with van der Waals surface area (Å²) in [5, 5.41) is 2.31. The van der Waals surface area contributed by atoms with Crippen LogP contribution < -0.4 is 11.1 Å². The first-order valence-electron chi connectivity index (χ1n) is 5.03. The van der Waals surface area contributed by atoms with Crippen LogP contribution in [-0.2, 0) is 4.79 Å². The van der Waals surface area contributed by atoms with Gasteiger partial charge in [-0.2, -0.15) is 0 Å². The maximum absolute atomic E-state index is 13.3. The van der Waals surface area contributed by atoms with Gasteiger partial charge in [-0.05, 0) is 25.0 Å². The van der Waals surface area contributed by atoms with E-state index >= 15 is 0 Å². The number of carbonyl (C=O) groups excluding carboxylic acids is 1. The van der Waals surface area contributed by atoms with Gasteiger partial charge in [0.2, 0.25) is 5.91 Å². The summed E-state index contributed by atoms with van der Waals surface area (Å²) in [5.74, 6) is -2.57. The number of halogens is 2. The topological polar surface area (TPSA) is 55.1 Å². The van der Waals surface area contributed by atoms with Gasteiger partial charge in [0.25, 0.3) is 0 Å². The van der Waals surface area contributed by atoms with Gasteiger partial charge in [0.05, 0.1) is 16.1 Å². The van der Waals surface area contributed by atoms with Crippen molar-refractivity contribution in [1.29, 1.82) is 0 Å². The second-order valence-electron chi connectivity index (χ2n) is 4.00. The Kier molecular flexibility index (Phi) is 2.82. The van der Waals surface area contributed by atoms with Crippen molar-refractivity contribution < 1.29 is 13.6 Å². The lowest BCUT2D eigenvalue weighted by Crippen LogP contribution is -2.35. The fourth-order valence-electron chi connectivity index (χ4n) is 1.55. The zero-order valence-corrected chi connectivity index (χ0v) is 9.61. The summed E-state index contributed by atoms with van der Waals surface area (Å²) in [6.07, 6.45) is 1.09. The van der Waals surface area contributed by atoms with Crippen LogP contribution in [0.25, 0.3) is 0 Å². The van der Waals surface area contributed by atoms with E-state index < -0.39 is 23.0 Å². The van der Waals surface area contributed by atoms with Crippen LogP contribution in [0.1, 0.15) is 12.8 Å². The van der Waals surface area contributed by atoms with Gasteiger partial charge in [-0.15, -0.1) is 0 Å². The zero-order chi connectivity index (χ0) is 12.6. The fourth-order valence-corrected chi connectivity index (χ4v) is 1.85. The number of hydrogen-bond donors (Lipinski definition) is 2. The van der Waals surface area contributed by atoms with Crippen molar-refractivity contribution in [1.82, 2.24) is 0 Å². The van der Waals surface area contributed by atoms with Gasteiger partial charge >= 0.3 is 0 Å². The smallest absolute Gasteiger partial charge is 0.237 e. The summed E-state index contributed by atoms with van der Waals surface area (Å²) in [5.41, 5.74) is 4.38. The molecule has 90 valence electrons. The van der Waals surface area contributed by atoms with E-state index in [2.05, 4.69) is 5.32 Å². The average molecular weight is 256 g/mol. The number of carbonyl (C=O) groups is 1. The first-order chi connectivity index (χ1) is 7.97. The summed E-state index contributed by atoms with van der Waals surface area (Å²) in [7, 11) is 0. The van der Waals surface area contributed by atoms with Crippen molar-refractivity contribution in [2.24, 2.45) is 11.1 Å². The molecule has 3 N–H and O–H groups in total. The van der Waals surface area contributed by atoms with Crippen LogP contribution in [0.15, 0.2) is 18.2 Å². The van der Waals surface area contributed by atoms with Crippen LogP contribution in [0.4, 0.5) is 14.5 Å². The number of thiocarbonyl (C=S) groups is 1. The summed E-state index contributed by atoms with van der Waals surface area (Å²) >= 11 is 4.79. The van der Waals surface area contributed by atoms with Crippen molar-refractivity contribution in [3.05, 3.63) is 29.8 Å². The highest BCUT2D eigenvalue weighted by atomic mass is 32.1. The monoisotopic (exact) mass is 256 g/mol. The molecule has 1 aromatic carbocycles. The Hall–Kier alpha value is -1.56. The summed E-state index contributed by atoms with van der Waals surface area (Å²) in [4.78, 5) is 11.9. The van der Waals surface area contributed by atoms with Gasteiger partial charge in [-0.1, -0.05) is 18.3 Å². The van der Waals surface area contributed by atoms with Gasteiger partial charge in [0, 0.05) is 0 Å². The maximum atomic E-state index is 13.3. The van der Waals surface area contributed by atoms with Crippen molar-refractivity contribution in [2.45, 2.75) is 12.8 Å². The molecule has 0 unspecified atom stereocenters. The molecule has 1 saturated carbocycles. The third-order valence-corrected chi connectivity index (χ3v) is 3.25. The Balaban J connectivity index is 2.20. The maximum Gasteiger partial charge on any atom is 0.237 e. The van der Waals surface area contributed by atoms with Crippen molar-refractivity contribution >= 4 is 28.8 Å². The highest BCUT2D eigenvalue weighted by Crippen LogP contribution is 2.46. The van der Waals surface area contributed by atoms with Crippen LogP contribution in [-0.4, -0.2) is 10.9 Å². The minimum atomic E-state index is -1.08. The Morgan fingerprint density at radius 2 is 2.06 bits per heavy atom. The van der Waals surface area contributed by atoms with E-state index in [-0.39, 0.29) is 10.7 Å². The van der Waals surface area contributed by atoms with E-state index in [1.807, 2.05) is 0 Å². The molecule has 0 atom stereocenters. The normalized spacial score (nSPS) is 16.4. The van der Waals surface area contributed by atoms with Crippen molar-refractivity contribution in [3.63, 3.8) is 0 Å². The Bertz CT molecular complexity index is 500. The number of benzene rings is 1. The number of amides is 1. The number of rotatable bonds is 3. The lowest BCUT2D eigenvalue weighted by molar-refractivity contribution is -0.118. The lowest BCUT2D eigenvalue weighted by Gasteiger charge is -2.14. The number of anilines is 1. The second kappa shape index (κ2) is 4.03. The summed E-state index contributed by atoms with van der Waals surface area (Å²) in [6.45, 7) is 0. The third-order valence-electron chi connectivity index (χ3n) is 2.86. The molecular formula is C11H10F2N2OS. The molecule has 1 fully saturated rings. The zero-order valence-electron chi connectivity index (χ0n) is 8.80. The van der Waals surface area contributed by atoms with Crippen LogP contribution in [0.2, 0.25) is 0 Å². The molecule has 0 aromatic heterocycles. The molecule has 6 heteroatoms. The molecule has 0 spiro atoms. The van der Waals surface area contributed by atoms with Gasteiger partial charge in [-0.3, -0.25) is 4.79 Å². The standard InChI is InChI=1S/C11H10F2N2OS/c12-6-2-1-3-7(8(6)13)15-10(16)11(4-5-11)9(14)17/h1-3H,4-5H2,(H2,14,17)(H,15,16). The van der Waals surface area contributed by atoms with Crippen molar-refractivity contribution in [2.75, 3.05) is 5.32 Å². The molecule has 0 aliphatic heterocycles. The Morgan fingerprint density at radius 3 is 2.59 bits per heavy atom. The fraction of sp³-hybridized carbons (Fsp3) is 0.273. The molecule has 1 aliphatic rings. The molecule has 0 radical (unpaired) electrons. The van der Waals surface area contributed by atoms with Crippen molar-refractivity contribution in [3.8, 4) is 0 Å². The minimum Gasteiger partial charge on any atom is -0.392 e. The van der Waals surface area contributed by atoms with Gasteiger partial charge < -0.3 is 11.1 Å². The first-order valence-corrected chi connectivity index (χ1v) is 5.43. The molecule has 0 saturated heterocycles. The third kappa shape index (κ3) is 2.00. The second-order valence-corrected chi connectivity index (χ2v) is 4.44. The summed E-state index contributed by atoms with van der Waals surface area (Å²) < 4.78 is 26.2. The molecule has 0 heterocycles. The molecule has 1 aliphatic carbocycles. The van der Waals surface area contributed by atoms with Crippen LogP contribution in [0, 0.1) is 17.0 Å². The lowest BCUT2D eigenvalue weighted by atomic mass is 10.1. The van der Waals surface area contributed by atoms with Crippen LogP contribution in [0.5, 0.6) is 0 Å². The Morgan fingerprint density at radius 1 is 1.41 bits per heavy atom. The molecule has 1 amide bonds. The largest absolute Gasteiger partial charge is 0.392 e. The minimum absolute atomic E-state index is 0.0896. The predicted molar refractivity (Wildman–Crippen MR) is 63.4 cm³/mol. The van der Waals surface area contributed by atoms with Gasteiger partial charge in [0.1, 0.15) is 0 Å². The Labute approximate surface area is 102 Å². The van der Waals surface area contributed by atoms with E-state index in [9.17, 15) is 13.6 Å². The molecule has 0 bridgehead atoms. The molecular weight excluding hydrogens is 246 g/mol. The van der Waals surface area contributed by atoms with Gasteiger partial charge in [0.15, 0.2) is 11.6 Å². The van der Waals surface area contributed by atoms with Crippen LogP contribution >= 0.6 is 12.2 Å². The molecule has 1 aromatic rings. The quantitative estimate of drug-likeness (QED) is 0.813. The van der Waals surface area contributed by atoms with E-state index in [4.69, 9.17) is 18.0 Å². The first kappa shape index (κ1) is 11.9. The van der Waals surface area contributed by atoms with E-state index in [0.29, 0.717) is 12.8 Å². The number of hydrogen-bond acceptors (Lipinski definition) is 2. The van der Waals surface area contributed by atoms with E-state index in [1.54, 1.807) is 0 Å².